The van der Waals surface area contributed by atoms with Gasteiger partial charge in [-0.25, -0.2) is 0 Å². The predicted octanol–water partition coefficient (Wildman–Crippen LogP) is 3.06. The van der Waals surface area contributed by atoms with E-state index in [-0.39, 0.29) is 0 Å². The Morgan fingerprint density at radius 3 is 2.82 bits per heavy atom. The van der Waals surface area contributed by atoms with Crippen LogP contribution in [0.2, 0.25) is 0 Å². The van der Waals surface area contributed by atoms with Crippen LogP contribution >= 0.6 is 11.8 Å². The molecule has 0 aromatic heterocycles. The summed E-state index contributed by atoms with van der Waals surface area (Å²) in [6, 6.07) is 4.56. The Bertz CT molecular complexity index is 386. The molecule has 3 heteroatoms. The first kappa shape index (κ1) is 12.8. The molecule has 1 N–H and O–H groups in total. The molecule has 2 rings (SSSR count). The minimum absolute atomic E-state index is 0.613. The van der Waals surface area contributed by atoms with Crippen LogP contribution in [-0.4, -0.2) is 26.5 Å². The van der Waals surface area contributed by atoms with Gasteiger partial charge in [-0.3, -0.25) is 0 Å². The second kappa shape index (κ2) is 5.78. The van der Waals surface area contributed by atoms with E-state index in [0.29, 0.717) is 5.92 Å². The van der Waals surface area contributed by atoms with Crippen LogP contribution in [0.4, 0.5) is 0 Å². The van der Waals surface area contributed by atoms with Gasteiger partial charge in [0.1, 0.15) is 5.75 Å². The Kier molecular flexibility index (Phi) is 4.35. The third-order valence-corrected chi connectivity index (χ3v) is 4.33. The second-order valence-electron chi connectivity index (χ2n) is 4.45. The zero-order chi connectivity index (χ0) is 12.3. The molecule has 1 atom stereocenters. The van der Waals surface area contributed by atoms with Gasteiger partial charge in [-0.05, 0) is 48.9 Å². The first-order valence-corrected chi connectivity index (χ1v) is 7.48. The zero-order valence-electron chi connectivity index (χ0n) is 10.9. The summed E-state index contributed by atoms with van der Waals surface area (Å²) < 4.78 is 5.56. The SMILES string of the molecule is CCc1cc(OC)c(C2CCNC2)cc1SC. The quantitative estimate of drug-likeness (QED) is 0.831. The summed E-state index contributed by atoms with van der Waals surface area (Å²) in [7, 11) is 1.78. The maximum atomic E-state index is 5.56. The van der Waals surface area contributed by atoms with Crippen molar-refractivity contribution in [3.8, 4) is 5.75 Å². The van der Waals surface area contributed by atoms with Crippen molar-refractivity contribution in [1.82, 2.24) is 5.32 Å². The highest BCUT2D eigenvalue weighted by Crippen LogP contribution is 2.36. The summed E-state index contributed by atoms with van der Waals surface area (Å²) >= 11 is 1.84. The summed E-state index contributed by atoms with van der Waals surface area (Å²) in [6.07, 6.45) is 4.43. The molecule has 94 valence electrons. The normalized spacial score (nSPS) is 19.6. The van der Waals surface area contributed by atoms with Crippen molar-refractivity contribution in [1.29, 1.82) is 0 Å². The van der Waals surface area contributed by atoms with Crippen LogP contribution in [0, 0.1) is 0 Å². The highest BCUT2D eigenvalue weighted by molar-refractivity contribution is 7.98. The lowest BCUT2D eigenvalue weighted by atomic mass is 9.95. The minimum Gasteiger partial charge on any atom is -0.496 e. The first-order valence-electron chi connectivity index (χ1n) is 6.25. The summed E-state index contributed by atoms with van der Waals surface area (Å²) in [6.45, 7) is 4.40. The molecule has 0 bridgehead atoms. The molecule has 1 saturated heterocycles. The Morgan fingerprint density at radius 1 is 1.47 bits per heavy atom. The molecular formula is C14H21NOS. The summed E-state index contributed by atoms with van der Waals surface area (Å²) in [5, 5.41) is 3.43. The second-order valence-corrected chi connectivity index (χ2v) is 5.30. The Morgan fingerprint density at radius 2 is 2.29 bits per heavy atom. The molecule has 1 heterocycles. The van der Waals surface area contributed by atoms with Gasteiger partial charge in [0.2, 0.25) is 0 Å². The van der Waals surface area contributed by atoms with Crippen LogP contribution in [0.1, 0.15) is 30.4 Å². The molecule has 0 radical (unpaired) electrons. The van der Waals surface area contributed by atoms with E-state index >= 15 is 0 Å². The van der Waals surface area contributed by atoms with Gasteiger partial charge in [0.05, 0.1) is 7.11 Å². The van der Waals surface area contributed by atoms with Gasteiger partial charge in [-0.1, -0.05) is 6.92 Å². The third-order valence-electron chi connectivity index (χ3n) is 3.51. The third kappa shape index (κ3) is 2.61. The molecule has 1 aliphatic heterocycles. The number of ether oxygens (including phenoxy) is 1. The number of nitrogens with one attached hydrogen (secondary N) is 1. The van der Waals surface area contributed by atoms with E-state index in [1.165, 1.54) is 22.4 Å². The van der Waals surface area contributed by atoms with Crippen LogP contribution in [0.3, 0.4) is 0 Å². The number of aryl methyl sites for hydroxylation is 1. The van der Waals surface area contributed by atoms with Gasteiger partial charge in [0.25, 0.3) is 0 Å². The fourth-order valence-corrected chi connectivity index (χ4v) is 3.21. The van der Waals surface area contributed by atoms with Gasteiger partial charge in [-0.15, -0.1) is 11.8 Å². The van der Waals surface area contributed by atoms with E-state index in [2.05, 4.69) is 30.6 Å². The fourth-order valence-electron chi connectivity index (χ4n) is 2.50. The molecular weight excluding hydrogens is 230 g/mol. The number of methoxy groups -OCH3 is 1. The zero-order valence-corrected chi connectivity index (χ0v) is 11.7. The summed E-state index contributed by atoms with van der Waals surface area (Å²) in [5.41, 5.74) is 2.77. The average molecular weight is 251 g/mol. The highest BCUT2D eigenvalue weighted by Gasteiger charge is 2.21. The Labute approximate surface area is 108 Å². The van der Waals surface area contributed by atoms with Crippen molar-refractivity contribution in [3.63, 3.8) is 0 Å². The molecule has 17 heavy (non-hydrogen) atoms. The lowest BCUT2D eigenvalue weighted by molar-refractivity contribution is 0.405. The fraction of sp³-hybridized carbons (Fsp3) is 0.571. The van der Waals surface area contributed by atoms with E-state index in [0.717, 1.165) is 25.3 Å². The van der Waals surface area contributed by atoms with Crippen molar-refractivity contribution in [2.45, 2.75) is 30.6 Å². The van der Waals surface area contributed by atoms with Crippen LogP contribution in [0.25, 0.3) is 0 Å². The lowest BCUT2D eigenvalue weighted by Crippen LogP contribution is -2.09. The van der Waals surface area contributed by atoms with Crippen molar-refractivity contribution in [3.05, 3.63) is 23.3 Å². The molecule has 0 amide bonds. The van der Waals surface area contributed by atoms with Gasteiger partial charge >= 0.3 is 0 Å². The smallest absolute Gasteiger partial charge is 0.122 e. The maximum Gasteiger partial charge on any atom is 0.122 e. The van der Waals surface area contributed by atoms with Gasteiger partial charge in [-0.2, -0.15) is 0 Å². The number of hydrogen-bond acceptors (Lipinski definition) is 3. The van der Waals surface area contributed by atoms with E-state index in [9.17, 15) is 0 Å². The van der Waals surface area contributed by atoms with E-state index in [1.54, 1.807) is 7.11 Å². The predicted molar refractivity (Wildman–Crippen MR) is 74.4 cm³/mol. The molecule has 0 spiro atoms. The largest absolute Gasteiger partial charge is 0.496 e. The van der Waals surface area contributed by atoms with Crippen LogP contribution in [0.15, 0.2) is 17.0 Å². The Balaban J connectivity index is 2.41. The van der Waals surface area contributed by atoms with E-state index in [4.69, 9.17) is 4.74 Å². The molecule has 0 aliphatic carbocycles. The molecule has 2 nitrogen and oxygen atoms in total. The molecule has 1 unspecified atom stereocenters. The molecule has 0 saturated carbocycles. The number of rotatable bonds is 4. The van der Waals surface area contributed by atoms with Crippen molar-refractivity contribution >= 4 is 11.8 Å². The number of thioether (sulfide) groups is 1. The van der Waals surface area contributed by atoms with Gasteiger partial charge < -0.3 is 10.1 Å². The molecule has 1 aliphatic rings. The summed E-state index contributed by atoms with van der Waals surface area (Å²) in [5.74, 6) is 1.68. The molecule has 1 aromatic carbocycles. The number of benzene rings is 1. The topological polar surface area (TPSA) is 21.3 Å². The highest BCUT2D eigenvalue weighted by atomic mass is 32.2. The monoisotopic (exact) mass is 251 g/mol. The standard InChI is InChI=1S/C14H21NOS/c1-4-10-7-13(16-2)12(8-14(10)17-3)11-5-6-15-9-11/h7-8,11,15H,4-6,9H2,1-3H3. The molecule has 1 fully saturated rings. The lowest BCUT2D eigenvalue weighted by Gasteiger charge is -2.17. The van der Waals surface area contributed by atoms with E-state index < -0.39 is 0 Å². The maximum absolute atomic E-state index is 5.56. The van der Waals surface area contributed by atoms with Gasteiger partial charge in [0.15, 0.2) is 0 Å². The van der Waals surface area contributed by atoms with Gasteiger partial charge in [0, 0.05) is 17.4 Å². The van der Waals surface area contributed by atoms with Crippen LogP contribution in [-0.2, 0) is 6.42 Å². The first-order chi connectivity index (χ1) is 8.30. The molecule has 1 aromatic rings. The minimum atomic E-state index is 0.613. The number of hydrogen-bond donors (Lipinski definition) is 1. The Hall–Kier alpha value is -0.670. The summed E-state index contributed by atoms with van der Waals surface area (Å²) in [4.78, 5) is 1.40. The van der Waals surface area contributed by atoms with E-state index in [1.807, 2.05) is 11.8 Å². The van der Waals surface area contributed by atoms with Crippen molar-refractivity contribution < 1.29 is 4.74 Å². The van der Waals surface area contributed by atoms with Crippen molar-refractivity contribution in [2.24, 2.45) is 0 Å². The average Bonchev–Trinajstić information content (AvgIpc) is 2.90. The van der Waals surface area contributed by atoms with Crippen molar-refractivity contribution in [2.75, 3.05) is 26.5 Å². The van der Waals surface area contributed by atoms with Crippen LogP contribution < -0.4 is 10.1 Å². The van der Waals surface area contributed by atoms with Crippen LogP contribution in [0.5, 0.6) is 5.75 Å².